The number of anilines is 2. The lowest BCUT2D eigenvalue weighted by Crippen LogP contribution is -2.51. The van der Waals surface area contributed by atoms with Crippen molar-refractivity contribution in [3.05, 3.63) is 84.1 Å². The normalized spacial score (nSPS) is 16.1. The lowest BCUT2D eigenvalue weighted by Gasteiger charge is -2.33. The van der Waals surface area contributed by atoms with Crippen LogP contribution in [0.3, 0.4) is 0 Å². The van der Waals surface area contributed by atoms with Crippen molar-refractivity contribution in [1.29, 1.82) is 0 Å². The molecule has 4 amide bonds. The van der Waals surface area contributed by atoms with Crippen LogP contribution in [0.4, 0.5) is 22.7 Å². The second kappa shape index (κ2) is 40.7. The van der Waals surface area contributed by atoms with Crippen LogP contribution in [0.2, 0.25) is 0 Å². The minimum absolute atomic E-state index is 0.0127. The van der Waals surface area contributed by atoms with E-state index in [0.717, 1.165) is 29.0 Å². The molecule has 0 aliphatic carbocycles. The number of aliphatic carboxylic acids is 5. The summed E-state index contributed by atoms with van der Waals surface area (Å²) in [5, 5.41) is 75.3. The number of azo groups is 1. The number of carbonyl (C=O) groups is 11. The predicted molar refractivity (Wildman–Crippen MR) is 371 cm³/mol. The number of carboxylic acid groups (broad SMARTS) is 5. The zero-order chi connectivity index (χ0) is 76.3. The molecule has 0 saturated carbocycles. The van der Waals surface area contributed by atoms with Crippen LogP contribution in [-0.2, 0) is 78.2 Å². The highest BCUT2D eigenvalue weighted by molar-refractivity contribution is 8.00. The van der Waals surface area contributed by atoms with E-state index >= 15 is 0 Å². The van der Waals surface area contributed by atoms with E-state index in [1.165, 1.54) is 23.1 Å². The number of unbranched alkanes of at least 4 members (excludes halogenated alkanes) is 1. The molecule has 2 aliphatic rings. The standard InChI is InChI=1S/C65H83N11O21S2.O3S/c1-39-28-42(43-8-13-50(40(2)29-43)70-71-51-14-10-47-54(99(94,95)96)15-11-48(66)61(47)62(51)89)7-12-49(39)69-63(90)52(68-56(80)33-72-20-22-73(34-58(83)84)24-26-75(36-60(87)88)27-25-74(23-21-72)35-59(85)86)6-4-5-18-67-55(79)17-19-76-41(3)30-53(64(76)91)98-37-44(65(92)93)31-45(78)32-46(97-38-77)9-16-57(81)82;1-4(2)3/h7-8,10-15,28-29,38,44,46,52-53,89H,3-6,9,16-27,30-37,66H2,1-2H3,(H,67,79)(H,68,80)(H,69,90)(H,81,82)(H,83,84)(H,85,86)(H,87,88)(H,92,93)(H,94,95,96);/t44-,46+,52+,53?;/m0./s1. The van der Waals surface area contributed by atoms with E-state index in [9.17, 15) is 91.2 Å². The summed E-state index contributed by atoms with van der Waals surface area (Å²) in [5.74, 6) is -10.2. The molecule has 4 aromatic carbocycles. The molecular formula is C65H83N11O24S3. The van der Waals surface area contributed by atoms with Gasteiger partial charge < -0.3 is 62.0 Å². The third-order valence-corrected chi connectivity index (χ3v) is 18.8. The first-order valence-corrected chi connectivity index (χ1v) is 35.6. The van der Waals surface area contributed by atoms with E-state index in [-0.39, 0.29) is 165 Å². The van der Waals surface area contributed by atoms with Gasteiger partial charge in [-0.2, -0.15) is 13.5 Å². The second-order valence-corrected chi connectivity index (χ2v) is 27.3. The first-order valence-electron chi connectivity index (χ1n) is 32.1. The Bertz CT molecular complexity index is 4030. The van der Waals surface area contributed by atoms with E-state index in [2.05, 4.69) is 32.8 Å². The lowest BCUT2D eigenvalue weighted by molar-refractivity contribution is -0.144. The number of hydrogen-bond donors (Lipinski definition) is 11. The largest absolute Gasteiger partial charge is 0.505 e. The number of phenols is 1. The number of allylic oxidation sites excluding steroid dienone is 1. The number of benzene rings is 4. The number of ketones is 1. The van der Waals surface area contributed by atoms with Crippen LogP contribution >= 0.6 is 11.8 Å². The van der Waals surface area contributed by atoms with Gasteiger partial charge in [-0.25, -0.2) is 0 Å². The van der Waals surface area contributed by atoms with E-state index in [1.54, 1.807) is 57.7 Å². The van der Waals surface area contributed by atoms with Gasteiger partial charge in [0.2, 0.25) is 23.6 Å². The number of nitrogens with zero attached hydrogens (tertiary/aromatic N) is 7. The number of amides is 4. The molecule has 4 aromatic rings. The smallest absolute Gasteiger partial charge is 0.425 e. The fraction of sp³-hybridized carbons (Fsp3) is 0.462. The highest BCUT2D eigenvalue weighted by Gasteiger charge is 2.37. The van der Waals surface area contributed by atoms with E-state index in [0.29, 0.717) is 41.0 Å². The van der Waals surface area contributed by atoms with Gasteiger partial charge in [0.25, 0.3) is 16.6 Å². The molecule has 2 saturated heterocycles. The highest BCUT2D eigenvalue weighted by Crippen LogP contribution is 2.42. The lowest BCUT2D eigenvalue weighted by atomic mass is 9.99. The van der Waals surface area contributed by atoms with Crippen molar-refractivity contribution < 1.29 is 114 Å². The number of carbonyl (C=O) groups excluding carboxylic acids is 6. The summed E-state index contributed by atoms with van der Waals surface area (Å²) < 4.78 is 63.9. The number of carboxylic acids is 5. The fourth-order valence-corrected chi connectivity index (χ4v) is 13.3. The molecule has 2 heterocycles. The SMILES string of the molecule is C=C1CC(SC[C@H](CC(=O)C[C@@H](CCC(=O)O)OC=O)C(=O)O)C(=O)N1CCC(=O)NCCCC[C@@H](NC(=O)CN1CCN(CC(=O)O)CCN(CC(=O)O)CCN(CC(=O)O)CC1)C(=O)Nc1ccc(-c2ccc(N=Nc3ccc4c(S(=O)(=O)O)ccc(N)c4c3O)c(C)c2)cc1C.O=S(=O)=O. The number of ether oxygens (including phenoxy) is 1. The number of likely N-dealkylation sites (tertiary alicyclic amines) is 1. The van der Waals surface area contributed by atoms with Gasteiger partial charge in [0.15, 0.2) is 5.75 Å². The maximum Gasteiger partial charge on any atom is 0.425 e. The fourth-order valence-electron chi connectivity index (χ4n) is 11.3. The molecule has 6 rings (SSSR count). The van der Waals surface area contributed by atoms with Gasteiger partial charge >= 0.3 is 40.5 Å². The van der Waals surface area contributed by atoms with Gasteiger partial charge in [-0.3, -0.25) is 76.9 Å². The summed E-state index contributed by atoms with van der Waals surface area (Å²) >= 11 is 1.02. The van der Waals surface area contributed by atoms with Gasteiger partial charge in [-0.15, -0.1) is 29.5 Å². The molecule has 1 unspecified atom stereocenters. The number of thioether (sulfide) groups is 1. The molecule has 12 N–H and O–H groups in total. The Morgan fingerprint density at radius 1 is 0.718 bits per heavy atom. The third kappa shape index (κ3) is 28.1. The summed E-state index contributed by atoms with van der Waals surface area (Å²) in [6.45, 7) is 7.42. The number of rotatable bonds is 36. The molecule has 35 nitrogen and oxygen atoms in total. The van der Waals surface area contributed by atoms with E-state index in [4.69, 9.17) is 28.2 Å². The van der Waals surface area contributed by atoms with Gasteiger partial charge in [-0.05, 0) is 104 Å². The average molecular weight is 1500 g/mol. The van der Waals surface area contributed by atoms with Crippen LogP contribution in [0.5, 0.6) is 5.75 Å². The van der Waals surface area contributed by atoms with Crippen LogP contribution in [0.1, 0.15) is 68.9 Å². The number of phenolic OH excluding ortho intramolecular Hbond substituents is 1. The number of Topliss-reactive ketones (excluding diaryl/α,β-unsaturated/α-hetero) is 1. The second-order valence-electron chi connectivity index (χ2n) is 24.3. The van der Waals surface area contributed by atoms with Gasteiger partial charge in [0.05, 0.1) is 48.4 Å². The molecule has 0 bridgehead atoms. The Hall–Kier alpha value is -9.83. The van der Waals surface area contributed by atoms with Crippen LogP contribution in [0.15, 0.2) is 88.1 Å². The van der Waals surface area contributed by atoms with Crippen molar-refractivity contribution in [2.24, 2.45) is 16.1 Å². The van der Waals surface area contributed by atoms with Crippen LogP contribution in [0.25, 0.3) is 21.9 Å². The van der Waals surface area contributed by atoms with E-state index in [1.807, 2.05) is 12.1 Å². The monoisotopic (exact) mass is 1500 g/mol. The number of fused-ring (bicyclic) bond motifs is 1. The molecule has 103 heavy (non-hydrogen) atoms. The van der Waals surface area contributed by atoms with Crippen LogP contribution < -0.4 is 21.7 Å². The third-order valence-electron chi connectivity index (χ3n) is 16.6. The first kappa shape index (κ1) is 83.8. The molecule has 4 atom stereocenters. The van der Waals surface area contributed by atoms with Crippen molar-refractivity contribution in [2.45, 2.75) is 93.9 Å². The quantitative estimate of drug-likeness (QED) is 0.0102. The summed E-state index contributed by atoms with van der Waals surface area (Å²) in [6.07, 6.45) is -1.71. The number of nitrogens with two attached hydrogens (primary N) is 1. The number of aromatic hydroxyl groups is 1. The molecule has 38 heteroatoms. The molecule has 2 aliphatic heterocycles. The van der Waals surface area contributed by atoms with Crippen molar-refractivity contribution in [3.63, 3.8) is 0 Å². The maximum atomic E-state index is 14.4. The van der Waals surface area contributed by atoms with Gasteiger partial charge in [0.1, 0.15) is 28.5 Å². The Kier molecular flexibility index (Phi) is 33.1. The molecule has 0 spiro atoms. The average Bonchev–Trinajstić information content (AvgIpc) is 1.32. The molecule has 0 radical (unpaired) electrons. The molecule has 0 aromatic heterocycles. The van der Waals surface area contributed by atoms with Crippen LogP contribution in [0, 0.1) is 19.8 Å². The van der Waals surface area contributed by atoms with Crippen molar-refractivity contribution in [3.8, 4) is 16.9 Å². The number of nitrogen functional groups attached to an aromatic ring is 1. The van der Waals surface area contributed by atoms with Gasteiger partial charge in [-0.1, -0.05) is 24.8 Å². The Morgan fingerprint density at radius 3 is 1.79 bits per heavy atom. The van der Waals surface area contributed by atoms with Crippen molar-refractivity contribution in [1.82, 2.24) is 35.1 Å². The maximum absolute atomic E-state index is 14.4. The zero-order valence-corrected chi connectivity index (χ0v) is 58.8. The molecule has 560 valence electrons. The summed E-state index contributed by atoms with van der Waals surface area (Å²) in [6, 6.07) is 14.5. The highest BCUT2D eigenvalue weighted by atomic mass is 32.2. The summed E-state index contributed by atoms with van der Waals surface area (Å²) in [7, 11) is -7.76. The Balaban J connectivity index is 0.00000464. The minimum atomic E-state index is -4.65. The predicted octanol–water partition coefficient (Wildman–Crippen LogP) is 2.95. The number of aryl methyl sites for hydroxylation is 2. The number of hydrogen-bond acceptors (Lipinski definition) is 26. The minimum Gasteiger partial charge on any atom is -0.505 e. The van der Waals surface area contributed by atoms with Gasteiger partial charge in [0, 0.05) is 126 Å². The first-order chi connectivity index (χ1) is 48.6. The van der Waals surface area contributed by atoms with Crippen molar-refractivity contribution in [2.75, 3.05) is 108 Å². The summed E-state index contributed by atoms with van der Waals surface area (Å²) in [5.41, 5.74) is 10.1. The molecular weight excluding hydrogens is 1410 g/mol. The van der Waals surface area contributed by atoms with Crippen molar-refractivity contribution >= 4 is 132 Å². The molecule has 2 fully saturated rings. The number of nitrogens with one attached hydrogen (secondary N) is 3. The van der Waals surface area contributed by atoms with E-state index < -0.39 is 120 Å². The Morgan fingerprint density at radius 2 is 1.26 bits per heavy atom. The van der Waals surface area contributed by atoms with Crippen LogP contribution in [-0.4, -0.2) is 261 Å². The summed E-state index contributed by atoms with van der Waals surface area (Å²) in [4.78, 5) is 145. The topological polar surface area (TPSA) is 527 Å². The Labute approximate surface area is 597 Å². The zero-order valence-electron chi connectivity index (χ0n) is 56.3.